The van der Waals surface area contributed by atoms with Crippen LogP contribution in [0.5, 0.6) is 0 Å². The minimum atomic E-state index is 0.106. The third-order valence-electron chi connectivity index (χ3n) is 5.11. The molecule has 4 rings (SSSR count). The summed E-state index contributed by atoms with van der Waals surface area (Å²) < 4.78 is 5.41. The quantitative estimate of drug-likeness (QED) is 0.548. The van der Waals surface area contributed by atoms with Crippen LogP contribution < -0.4 is 5.73 Å². The molecule has 1 saturated heterocycles. The molecular weight excluding hydrogens is 336 g/mol. The van der Waals surface area contributed by atoms with Gasteiger partial charge >= 0.3 is 0 Å². The molecule has 0 saturated carbocycles. The fraction of sp³-hybridized carbons (Fsp3) is 0.273. The van der Waals surface area contributed by atoms with E-state index in [-0.39, 0.29) is 5.92 Å². The average Bonchev–Trinajstić information content (AvgIpc) is 3.40. The summed E-state index contributed by atoms with van der Waals surface area (Å²) in [5, 5.41) is 4.22. The Morgan fingerprint density at radius 3 is 2.56 bits per heavy atom. The second-order valence-corrected chi connectivity index (χ2v) is 6.97. The molecule has 0 aliphatic carbocycles. The molecule has 0 bridgehead atoms. The lowest BCUT2D eigenvalue weighted by Gasteiger charge is -2.14. The molecule has 1 aliphatic heterocycles. The minimum Gasteiger partial charge on any atom is -0.369 e. The van der Waals surface area contributed by atoms with E-state index in [1.165, 1.54) is 16.7 Å². The lowest BCUT2D eigenvalue weighted by molar-refractivity contribution is 0.417. The number of rotatable bonds is 4. The number of nitrogens with two attached hydrogens (primary N) is 1. The number of benzene rings is 2. The maximum absolute atomic E-state index is 6.08. The van der Waals surface area contributed by atoms with Crippen molar-refractivity contribution in [2.24, 2.45) is 10.7 Å². The Balaban J connectivity index is 1.54. The highest BCUT2D eigenvalue weighted by Gasteiger charge is 2.17. The van der Waals surface area contributed by atoms with Crippen LogP contribution in [0.4, 0.5) is 5.88 Å². The highest BCUT2D eigenvalue weighted by Crippen LogP contribution is 2.29. The second-order valence-electron chi connectivity index (χ2n) is 6.97. The Morgan fingerprint density at radius 2 is 1.78 bits per heavy atom. The van der Waals surface area contributed by atoms with Crippen molar-refractivity contribution in [3.63, 3.8) is 0 Å². The summed E-state index contributed by atoms with van der Waals surface area (Å²) in [6.07, 6.45) is 2.32. The number of aromatic nitrogens is 1. The van der Waals surface area contributed by atoms with Crippen LogP contribution in [0.1, 0.15) is 36.9 Å². The predicted octanol–water partition coefficient (Wildman–Crippen LogP) is 4.54. The van der Waals surface area contributed by atoms with Gasteiger partial charge in [-0.05, 0) is 29.5 Å². The van der Waals surface area contributed by atoms with Gasteiger partial charge < -0.3 is 15.2 Å². The molecule has 0 radical (unpaired) electrons. The van der Waals surface area contributed by atoms with Crippen molar-refractivity contribution in [1.82, 2.24) is 10.1 Å². The monoisotopic (exact) mass is 360 g/mol. The molecule has 3 aromatic rings. The summed E-state index contributed by atoms with van der Waals surface area (Å²) in [7, 11) is 0. The predicted molar refractivity (Wildman–Crippen MR) is 108 cm³/mol. The number of nitrogens with zero attached hydrogens (tertiary/aromatic N) is 3. The van der Waals surface area contributed by atoms with Gasteiger partial charge in [-0.15, -0.1) is 0 Å². The van der Waals surface area contributed by atoms with Gasteiger partial charge in [0.2, 0.25) is 0 Å². The largest absolute Gasteiger partial charge is 0.369 e. The maximum Gasteiger partial charge on any atom is 0.253 e. The molecule has 138 valence electrons. The lowest BCUT2D eigenvalue weighted by Crippen LogP contribution is -2.34. The fourth-order valence-corrected chi connectivity index (χ4v) is 3.45. The van der Waals surface area contributed by atoms with E-state index in [1.54, 1.807) is 0 Å². The van der Waals surface area contributed by atoms with Gasteiger partial charge in [0.15, 0.2) is 5.96 Å². The van der Waals surface area contributed by atoms with Gasteiger partial charge in [0, 0.05) is 25.1 Å². The van der Waals surface area contributed by atoms with Crippen molar-refractivity contribution in [3.05, 3.63) is 71.9 Å². The van der Waals surface area contributed by atoms with Gasteiger partial charge in [-0.2, -0.15) is 4.99 Å². The maximum atomic E-state index is 6.08. The lowest BCUT2D eigenvalue weighted by atomic mass is 9.94. The van der Waals surface area contributed by atoms with E-state index in [4.69, 9.17) is 10.3 Å². The summed E-state index contributed by atoms with van der Waals surface area (Å²) in [5.41, 5.74) is 10.5. The molecule has 27 heavy (non-hydrogen) atoms. The molecule has 2 aromatic carbocycles. The van der Waals surface area contributed by atoms with Crippen molar-refractivity contribution in [1.29, 1.82) is 0 Å². The number of guanidine groups is 1. The van der Waals surface area contributed by atoms with Gasteiger partial charge in [0.1, 0.15) is 0 Å². The van der Waals surface area contributed by atoms with Crippen LogP contribution in [0.3, 0.4) is 0 Å². The average molecular weight is 360 g/mol. The van der Waals surface area contributed by atoms with Gasteiger partial charge in [-0.3, -0.25) is 0 Å². The Bertz CT molecular complexity index is 926. The van der Waals surface area contributed by atoms with Crippen molar-refractivity contribution in [2.45, 2.75) is 25.7 Å². The summed E-state index contributed by atoms with van der Waals surface area (Å²) in [6, 6.07) is 20.8. The highest BCUT2D eigenvalue weighted by atomic mass is 16.5. The number of aliphatic imine (C=N–C) groups is 1. The van der Waals surface area contributed by atoms with E-state index in [0.717, 1.165) is 31.6 Å². The standard InChI is InChI=1S/C22H24N4O/c1-16(18-10-7-11-19(14-18)17-8-3-2-4-9-17)20-15-21(27-25-20)24-22(23)26-12-5-6-13-26/h2-4,7-11,14-16H,5-6,12-13H2,1H3,(H2,23,24). The van der Waals surface area contributed by atoms with E-state index < -0.39 is 0 Å². The summed E-state index contributed by atoms with van der Waals surface area (Å²) >= 11 is 0. The second kappa shape index (κ2) is 7.66. The van der Waals surface area contributed by atoms with Crippen molar-refractivity contribution in [3.8, 4) is 11.1 Å². The molecule has 1 aromatic heterocycles. The van der Waals surface area contributed by atoms with Crippen LogP contribution in [-0.2, 0) is 0 Å². The zero-order valence-corrected chi connectivity index (χ0v) is 15.5. The first-order valence-electron chi connectivity index (χ1n) is 9.42. The van der Waals surface area contributed by atoms with Crippen molar-refractivity contribution in [2.75, 3.05) is 13.1 Å². The van der Waals surface area contributed by atoms with E-state index in [1.807, 2.05) is 12.1 Å². The van der Waals surface area contributed by atoms with E-state index in [2.05, 4.69) is 70.5 Å². The molecule has 1 unspecified atom stereocenters. The molecule has 5 heteroatoms. The first-order valence-corrected chi connectivity index (χ1v) is 9.42. The first-order chi connectivity index (χ1) is 13.2. The molecular formula is C22H24N4O. The smallest absolute Gasteiger partial charge is 0.253 e. The molecule has 1 aliphatic rings. The Hall–Kier alpha value is -3.08. The van der Waals surface area contributed by atoms with Gasteiger partial charge in [-0.25, -0.2) is 0 Å². The first kappa shape index (κ1) is 17.3. The number of hydrogen-bond donors (Lipinski definition) is 1. The van der Waals surface area contributed by atoms with E-state index >= 15 is 0 Å². The van der Waals surface area contributed by atoms with Crippen LogP contribution >= 0.6 is 0 Å². The van der Waals surface area contributed by atoms with Crippen LogP contribution in [0, 0.1) is 0 Å². The Labute approximate surface area is 159 Å². The Morgan fingerprint density at radius 1 is 1.04 bits per heavy atom. The van der Waals surface area contributed by atoms with Crippen molar-refractivity contribution >= 4 is 11.8 Å². The molecule has 1 fully saturated rings. The zero-order chi connectivity index (χ0) is 18.6. The third kappa shape index (κ3) is 3.87. The van der Waals surface area contributed by atoms with E-state index in [9.17, 15) is 0 Å². The van der Waals surface area contributed by atoms with Gasteiger partial charge in [0.05, 0.1) is 5.69 Å². The highest BCUT2D eigenvalue weighted by molar-refractivity contribution is 5.80. The van der Waals surface area contributed by atoms with Crippen LogP contribution in [0.25, 0.3) is 11.1 Å². The minimum absolute atomic E-state index is 0.106. The Kier molecular flexibility index (Phi) is 4.92. The zero-order valence-electron chi connectivity index (χ0n) is 15.5. The molecule has 0 amide bonds. The topological polar surface area (TPSA) is 67.7 Å². The van der Waals surface area contributed by atoms with Crippen LogP contribution in [0.15, 0.2) is 70.2 Å². The van der Waals surface area contributed by atoms with Gasteiger partial charge in [0.25, 0.3) is 5.88 Å². The summed E-state index contributed by atoms with van der Waals surface area (Å²) in [5.74, 6) is 1.07. The SMILES string of the molecule is CC(c1cccc(-c2ccccc2)c1)c1cc(N=C(N)N2CCCC2)on1. The summed E-state index contributed by atoms with van der Waals surface area (Å²) in [6.45, 7) is 4.04. The van der Waals surface area contributed by atoms with Gasteiger partial charge in [-0.1, -0.05) is 66.7 Å². The fourth-order valence-electron chi connectivity index (χ4n) is 3.45. The summed E-state index contributed by atoms with van der Waals surface area (Å²) in [4.78, 5) is 6.47. The number of likely N-dealkylation sites (tertiary alicyclic amines) is 1. The molecule has 5 nitrogen and oxygen atoms in total. The van der Waals surface area contributed by atoms with E-state index in [0.29, 0.717) is 11.8 Å². The van der Waals surface area contributed by atoms with Crippen LogP contribution in [-0.4, -0.2) is 29.1 Å². The van der Waals surface area contributed by atoms with Crippen molar-refractivity contribution < 1.29 is 4.52 Å². The third-order valence-corrected chi connectivity index (χ3v) is 5.11. The molecule has 1 atom stereocenters. The van der Waals surface area contributed by atoms with Crippen LogP contribution in [0.2, 0.25) is 0 Å². The normalized spacial score (nSPS) is 15.9. The number of hydrogen-bond acceptors (Lipinski definition) is 3. The molecule has 0 spiro atoms. The molecule has 2 N–H and O–H groups in total. The molecule has 2 heterocycles.